The van der Waals surface area contributed by atoms with E-state index in [4.69, 9.17) is 21.6 Å². The summed E-state index contributed by atoms with van der Waals surface area (Å²) in [6.45, 7) is 3.47. The van der Waals surface area contributed by atoms with E-state index >= 15 is 0 Å². The number of amides is 1. The first-order valence-electron chi connectivity index (χ1n) is 9.19. The molecule has 1 saturated heterocycles. The Bertz CT molecular complexity index is 868. The smallest absolute Gasteiger partial charge is 0.244 e. The number of morpholine rings is 1. The van der Waals surface area contributed by atoms with Crippen LogP contribution in [0.2, 0.25) is 5.02 Å². The van der Waals surface area contributed by atoms with Crippen LogP contribution in [0.3, 0.4) is 0 Å². The van der Waals surface area contributed by atoms with E-state index in [2.05, 4.69) is 16.3 Å². The number of hydrogen-bond donors (Lipinski definition) is 1. The van der Waals surface area contributed by atoms with E-state index in [1.165, 1.54) is 6.08 Å². The Balaban J connectivity index is 1.67. The SMILES string of the molecule is N#Cc1ccccc1/C=C/C(=O)NCC(c1ccc(Cl)cc1)N1CCOCC1. The third-order valence-electron chi connectivity index (χ3n) is 4.71. The molecule has 1 heterocycles. The number of ether oxygens (including phenoxy) is 1. The van der Waals surface area contributed by atoms with Gasteiger partial charge in [-0.25, -0.2) is 0 Å². The van der Waals surface area contributed by atoms with Gasteiger partial charge in [-0.15, -0.1) is 0 Å². The second-order valence-corrected chi connectivity index (χ2v) is 6.93. The zero-order valence-electron chi connectivity index (χ0n) is 15.5. The van der Waals surface area contributed by atoms with Crippen molar-refractivity contribution in [1.82, 2.24) is 10.2 Å². The van der Waals surface area contributed by atoms with Crippen molar-refractivity contribution in [2.45, 2.75) is 6.04 Å². The molecular weight excluding hydrogens is 374 g/mol. The van der Waals surface area contributed by atoms with Gasteiger partial charge in [0, 0.05) is 30.7 Å². The molecule has 1 amide bonds. The monoisotopic (exact) mass is 395 g/mol. The number of nitriles is 1. The predicted octanol–water partition coefficient (Wildman–Crippen LogP) is 3.41. The Morgan fingerprint density at radius 2 is 1.93 bits per heavy atom. The molecule has 3 rings (SSSR count). The maximum absolute atomic E-state index is 12.3. The maximum Gasteiger partial charge on any atom is 0.244 e. The lowest BCUT2D eigenvalue weighted by Gasteiger charge is -2.34. The van der Waals surface area contributed by atoms with Crippen LogP contribution in [0.15, 0.2) is 54.6 Å². The van der Waals surface area contributed by atoms with Gasteiger partial charge < -0.3 is 10.1 Å². The quantitative estimate of drug-likeness (QED) is 0.761. The van der Waals surface area contributed by atoms with Crippen LogP contribution >= 0.6 is 11.6 Å². The van der Waals surface area contributed by atoms with Crippen molar-refractivity contribution < 1.29 is 9.53 Å². The number of halogens is 1. The molecule has 0 spiro atoms. The van der Waals surface area contributed by atoms with Crippen LogP contribution in [-0.4, -0.2) is 43.7 Å². The number of nitrogens with zero attached hydrogens (tertiary/aromatic N) is 2. The van der Waals surface area contributed by atoms with Gasteiger partial charge in [-0.2, -0.15) is 5.26 Å². The summed E-state index contributed by atoms with van der Waals surface area (Å²) in [6, 6.07) is 17.1. The molecule has 0 aromatic heterocycles. The summed E-state index contributed by atoms with van der Waals surface area (Å²) in [5.74, 6) is -0.194. The average molecular weight is 396 g/mol. The summed E-state index contributed by atoms with van der Waals surface area (Å²) < 4.78 is 5.45. The van der Waals surface area contributed by atoms with Crippen LogP contribution in [0.4, 0.5) is 0 Å². The Kier molecular flexibility index (Phi) is 7.21. The number of rotatable bonds is 6. The van der Waals surface area contributed by atoms with Gasteiger partial charge in [0.15, 0.2) is 0 Å². The summed E-state index contributed by atoms with van der Waals surface area (Å²) in [5.41, 5.74) is 2.37. The molecule has 28 heavy (non-hydrogen) atoms. The Labute approximate surface area is 170 Å². The normalized spacial score (nSPS) is 15.9. The molecule has 1 unspecified atom stereocenters. The van der Waals surface area contributed by atoms with Crippen molar-refractivity contribution in [3.63, 3.8) is 0 Å². The van der Waals surface area contributed by atoms with Gasteiger partial charge in [0.1, 0.15) is 0 Å². The van der Waals surface area contributed by atoms with E-state index in [1.54, 1.807) is 18.2 Å². The lowest BCUT2D eigenvalue weighted by molar-refractivity contribution is -0.116. The van der Waals surface area contributed by atoms with Gasteiger partial charge in [-0.1, -0.05) is 41.9 Å². The minimum absolute atomic E-state index is 0.0462. The van der Waals surface area contributed by atoms with Crippen molar-refractivity contribution in [1.29, 1.82) is 5.26 Å². The van der Waals surface area contributed by atoms with Crippen molar-refractivity contribution in [2.24, 2.45) is 0 Å². The molecule has 6 heteroatoms. The number of hydrogen-bond acceptors (Lipinski definition) is 4. The lowest BCUT2D eigenvalue weighted by Crippen LogP contribution is -2.43. The van der Waals surface area contributed by atoms with E-state index in [-0.39, 0.29) is 11.9 Å². The van der Waals surface area contributed by atoms with Crippen molar-refractivity contribution in [3.8, 4) is 6.07 Å². The zero-order chi connectivity index (χ0) is 19.8. The fourth-order valence-electron chi connectivity index (χ4n) is 3.20. The van der Waals surface area contributed by atoms with E-state index < -0.39 is 0 Å². The third-order valence-corrected chi connectivity index (χ3v) is 4.96. The molecule has 1 atom stereocenters. The van der Waals surface area contributed by atoms with Crippen LogP contribution in [-0.2, 0) is 9.53 Å². The van der Waals surface area contributed by atoms with Gasteiger partial charge in [-0.3, -0.25) is 9.69 Å². The molecule has 1 aliphatic heterocycles. The predicted molar refractivity (Wildman–Crippen MR) is 110 cm³/mol. The summed E-state index contributed by atoms with van der Waals surface area (Å²) in [5, 5.41) is 12.8. The highest BCUT2D eigenvalue weighted by Crippen LogP contribution is 2.23. The van der Waals surface area contributed by atoms with Crippen LogP contribution in [0.5, 0.6) is 0 Å². The lowest BCUT2D eigenvalue weighted by atomic mass is 10.0. The fourth-order valence-corrected chi connectivity index (χ4v) is 3.32. The highest BCUT2D eigenvalue weighted by Gasteiger charge is 2.22. The largest absolute Gasteiger partial charge is 0.379 e. The second-order valence-electron chi connectivity index (χ2n) is 6.49. The van der Waals surface area contributed by atoms with E-state index in [9.17, 15) is 4.79 Å². The van der Waals surface area contributed by atoms with Crippen LogP contribution in [0.25, 0.3) is 6.08 Å². The molecule has 1 aliphatic rings. The van der Waals surface area contributed by atoms with Gasteiger partial charge in [0.2, 0.25) is 5.91 Å². The summed E-state index contributed by atoms with van der Waals surface area (Å²) in [4.78, 5) is 14.7. The Morgan fingerprint density at radius 1 is 1.21 bits per heavy atom. The molecule has 144 valence electrons. The minimum Gasteiger partial charge on any atom is -0.379 e. The summed E-state index contributed by atoms with van der Waals surface area (Å²) in [7, 11) is 0. The summed E-state index contributed by atoms with van der Waals surface area (Å²) >= 11 is 6.02. The van der Waals surface area contributed by atoms with Crippen molar-refractivity contribution in [3.05, 3.63) is 76.3 Å². The van der Waals surface area contributed by atoms with E-state index in [0.717, 1.165) is 24.2 Å². The molecule has 1 fully saturated rings. The molecule has 5 nitrogen and oxygen atoms in total. The molecular formula is C22H22ClN3O2. The standard InChI is InChI=1S/C22H22ClN3O2/c23-20-8-5-18(6-9-20)21(26-11-13-28-14-12-26)16-25-22(27)10-7-17-3-1-2-4-19(17)15-24/h1-10,21H,11-14,16H2,(H,25,27)/b10-7+. The molecule has 1 N–H and O–H groups in total. The van der Waals surface area contributed by atoms with Gasteiger partial charge in [0.25, 0.3) is 0 Å². The molecule has 0 radical (unpaired) electrons. The maximum atomic E-state index is 12.3. The molecule has 0 aliphatic carbocycles. The van der Waals surface area contributed by atoms with E-state index in [0.29, 0.717) is 30.3 Å². The fraction of sp³-hybridized carbons (Fsp3) is 0.273. The van der Waals surface area contributed by atoms with Crippen LogP contribution in [0, 0.1) is 11.3 Å². The third kappa shape index (κ3) is 5.43. The molecule has 2 aromatic rings. The van der Waals surface area contributed by atoms with Crippen LogP contribution in [0.1, 0.15) is 22.7 Å². The van der Waals surface area contributed by atoms with Gasteiger partial charge >= 0.3 is 0 Å². The summed E-state index contributed by atoms with van der Waals surface area (Å²) in [6.07, 6.45) is 3.13. The first-order chi connectivity index (χ1) is 13.7. The number of carbonyl (C=O) groups is 1. The van der Waals surface area contributed by atoms with Crippen molar-refractivity contribution >= 4 is 23.6 Å². The number of benzene rings is 2. The molecule has 0 saturated carbocycles. The number of carbonyl (C=O) groups excluding carboxylic acids is 1. The molecule has 0 bridgehead atoms. The van der Waals surface area contributed by atoms with Gasteiger partial charge in [0.05, 0.1) is 30.9 Å². The first-order valence-corrected chi connectivity index (χ1v) is 9.57. The first kappa shape index (κ1) is 20.1. The second kappa shape index (κ2) is 10.0. The van der Waals surface area contributed by atoms with Crippen LogP contribution < -0.4 is 5.32 Å². The molecule has 2 aromatic carbocycles. The highest BCUT2D eigenvalue weighted by molar-refractivity contribution is 6.30. The van der Waals surface area contributed by atoms with Crippen molar-refractivity contribution in [2.75, 3.05) is 32.8 Å². The Morgan fingerprint density at radius 3 is 2.64 bits per heavy atom. The number of nitrogens with one attached hydrogen (secondary N) is 1. The van der Waals surface area contributed by atoms with E-state index in [1.807, 2.05) is 36.4 Å². The minimum atomic E-state index is -0.194. The highest BCUT2D eigenvalue weighted by atomic mass is 35.5. The average Bonchev–Trinajstić information content (AvgIpc) is 2.74. The zero-order valence-corrected chi connectivity index (χ0v) is 16.2. The Hall–Kier alpha value is -2.65. The topological polar surface area (TPSA) is 65.4 Å². The van der Waals surface area contributed by atoms with Gasteiger partial charge in [-0.05, 0) is 35.4 Å².